The van der Waals surface area contributed by atoms with Crippen LogP contribution in [0.2, 0.25) is 0 Å². The highest BCUT2D eigenvalue weighted by atomic mass is 32.3. The number of fused-ring (bicyclic) bond motifs is 1. The summed E-state index contributed by atoms with van der Waals surface area (Å²) in [5.41, 5.74) is 1.22. The van der Waals surface area contributed by atoms with E-state index in [0.717, 1.165) is 0 Å². The summed E-state index contributed by atoms with van der Waals surface area (Å²) in [5, 5.41) is 22.5. The summed E-state index contributed by atoms with van der Waals surface area (Å²) in [7, 11) is -6.74. The van der Waals surface area contributed by atoms with Crippen LogP contribution in [0.1, 0.15) is 36.1 Å². The molecule has 0 bridgehead atoms. The maximum atomic E-state index is 13.3. The number of nitrogens with zero attached hydrogens (tertiary/aromatic N) is 3. The zero-order valence-electron chi connectivity index (χ0n) is 20.7. The van der Waals surface area contributed by atoms with Gasteiger partial charge in [-0.05, 0) is 30.5 Å². The van der Waals surface area contributed by atoms with Crippen LogP contribution in [0.4, 0.5) is 4.79 Å². The second-order valence-electron chi connectivity index (χ2n) is 8.21. The molecule has 17 heteroatoms. The van der Waals surface area contributed by atoms with E-state index in [0.29, 0.717) is 35.5 Å². The van der Waals surface area contributed by atoms with Gasteiger partial charge in [0.2, 0.25) is 10.0 Å². The van der Waals surface area contributed by atoms with Crippen molar-refractivity contribution >= 4 is 37.5 Å². The van der Waals surface area contributed by atoms with E-state index < -0.39 is 37.6 Å². The molecule has 2 heterocycles. The van der Waals surface area contributed by atoms with Gasteiger partial charge < -0.3 is 14.4 Å². The Morgan fingerprint density at radius 1 is 1.24 bits per heavy atom. The lowest BCUT2D eigenvalue weighted by molar-refractivity contribution is -0.497. The van der Waals surface area contributed by atoms with Crippen molar-refractivity contribution in [3.63, 3.8) is 0 Å². The fraction of sp³-hybridized carbons (Fsp3) is 0.476. The average molecular weight is 595 g/mol. The molecule has 1 amide bonds. The first kappa shape index (κ1) is 30.4. The second-order valence-corrected chi connectivity index (χ2v) is 13.2. The van der Waals surface area contributed by atoms with Gasteiger partial charge in [0.1, 0.15) is 15.0 Å². The molecule has 0 fully saturated rings. The number of methoxy groups -OCH3 is 1. The summed E-state index contributed by atoms with van der Waals surface area (Å²) in [6.07, 6.45) is -0.371. The van der Waals surface area contributed by atoms with Crippen LogP contribution in [0.5, 0.6) is 0 Å². The van der Waals surface area contributed by atoms with Crippen molar-refractivity contribution in [2.24, 2.45) is 5.14 Å². The van der Waals surface area contributed by atoms with E-state index in [2.05, 4.69) is 4.84 Å². The Labute approximate surface area is 224 Å². The van der Waals surface area contributed by atoms with Gasteiger partial charge in [0, 0.05) is 38.9 Å². The van der Waals surface area contributed by atoms with E-state index in [1.807, 2.05) is 0 Å². The summed E-state index contributed by atoms with van der Waals surface area (Å²) in [6.45, 7) is 1.72. The monoisotopic (exact) mass is 594 g/mol. The Bertz CT molecular complexity index is 1330. The fourth-order valence-corrected chi connectivity index (χ4v) is 8.26. The predicted octanol–water partition coefficient (Wildman–Crippen LogP) is 1.65. The number of amides is 1. The smallest absolute Gasteiger partial charge is 0.410 e. The van der Waals surface area contributed by atoms with Crippen LogP contribution in [0.15, 0.2) is 38.8 Å². The molecule has 0 saturated carbocycles. The van der Waals surface area contributed by atoms with Crippen LogP contribution in [0.25, 0.3) is 0 Å². The molecule has 14 nitrogen and oxygen atoms in total. The molecular weight excluding hydrogens is 564 g/mol. The third kappa shape index (κ3) is 7.06. The average Bonchev–Trinajstić information content (AvgIpc) is 3.32. The van der Waals surface area contributed by atoms with Crippen molar-refractivity contribution in [1.29, 1.82) is 0 Å². The molecule has 2 aromatic rings. The lowest BCUT2D eigenvalue weighted by Gasteiger charge is -2.37. The number of benzene rings is 1. The number of hydrogen-bond acceptors (Lipinski definition) is 12. The van der Waals surface area contributed by atoms with Crippen molar-refractivity contribution in [2.45, 2.75) is 41.0 Å². The van der Waals surface area contributed by atoms with Gasteiger partial charge in [-0.25, -0.2) is 31.6 Å². The summed E-state index contributed by atoms with van der Waals surface area (Å²) < 4.78 is 61.9. The minimum atomic E-state index is -4.19. The number of ether oxygens (including phenoxy) is 2. The summed E-state index contributed by atoms with van der Waals surface area (Å²) in [4.78, 5) is 19.2. The molecule has 212 valence electrons. The standard InChI is InChI=1S/C21H30N4O10S3/c1-3-24(21(26)34-13-15-7-4-5-8-16(15)14-35-25(27)28)18-12-23(9-6-10-33-2)38(31,32)20-17(18)11-19(36-20)37(22,29)30/h4-5,7-8,11,18,27-28H,3,6,9-10,12-14H2,1-2H3,(H2,22,29,30)/t18-/m0/s1. The van der Waals surface area contributed by atoms with E-state index in [-0.39, 0.29) is 46.8 Å². The van der Waals surface area contributed by atoms with Crippen molar-refractivity contribution in [3.8, 4) is 0 Å². The van der Waals surface area contributed by atoms with Crippen molar-refractivity contribution in [2.75, 3.05) is 33.4 Å². The van der Waals surface area contributed by atoms with Gasteiger partial charge in [-0.3, -0.25) is 10.4 Å². The number of primary sulfonamides is 1. The third-order valence-corrected chi connectivity index (χ3v) is 10.8. The van der Waals surface area contributed by atoms with Crippen LogP contribution in [-0.2, 0) is 47.6 Å². The van der Waals surface area contributed by atoms with E-state index in [1.54, 1.807) is 31.2 Å². The minimum Gasteiger partial charge on any atom is -0.445 e. The lowest BCUT2D eigenvalue weighted by Crippen LogP contribution is -2.47. The number of thiophene rings is 1. The SMILES string of the molecule is CCN(C(=O)OCc1ccccc1CON(O)O)[C@H]1CN(CCCOC)S(=O)(=O)c2sc(S(N)(=O)=O)cc21. The molecule has 1 aliphatic rings. The Morgan fingerprint density at radius 2 is 1.89 bits per heavy atom. The summed E-state index contributed by atoms with van der Waals surface area (Å²) in [6, 6.07) is 7.08. The van der Waals surface area contributed by atoms with E-state index in [9.17, 15) is 21.6 Å². The molecule has 0 unspecified atom stereocenters. The zero-order valence-corrected chi connectivity index (χ0v) is 23.2. The number of nitrogens with two attached hydrogens (primary N) is 1. The fourth-order valence-electron chi connectivity index (χ4n) is 3.97. The second kappa shape index (κ2) is 12.8. The Kier molecular flexibility index (Phi) is 10.2. The van der Waals surface area contributed by atoms with Crippen LogP contribution in [0, 0.1) is 0 Å². The van der Waals surface area contributed by atoms with Gasteiger partial charge in [0.05, 0.1) is 18.0 Å². The Morgan fingerprint density at radius 3 is 2.47 bits per heavy atom. The molecule has 1 atom stereocenters. The van der Waals surface area contributed by atoms with Crippen molar-refractivity contribution in [1.82, 2.24) is 14.6 Å². The highest BCUT2D eigenvalue weighted by molar-refractivity contribution is 7.94. The number of rotatable bonds is 12. The first-order valence-corrected chi connectivity index (χ1v) is 15.2. The molecule has 1 aliphatic heterocycles. The van der Waals surface area contributed by atoms with E-state index in [4.69, 9.17) is 25.0 Å². The quantitative estimate of drug-likeness (QED) is 0.239. The molecular formula is C21H30N4O10S3. The predicted molar refractivity (Wildman–Crippen MR) is 133 cm³/mol. The number of sulfonamides is 2. The maximum absolute atomic E-state index is 13.3. The van der Waals surface area contributed by atoms with E-state index in [1.165, 1.54) is 22.4 Å². The lowest BCUT2D eigenvalue weighted by atomic mass is 10.1. The van der Waals surface area contributed by atoms with Gasteiger partial charge in [-0.2, -0.15) is 4.31 Å². The molecule has 0 radical (unpaired) electrons. The topological polar surface area (TPSA) is 189 Å². The Balaban J connectivity index is 1.90. The van der Waals surface area contributed by atoms with Gasteiger partial charge in [0.15, 0.2) is 0 Å². The van der Waals surface area contributed by atoms with Gasteiger partial charge in [-0.15, -0.1) is 11.3 Å². The highest BCUT2D eigenvalue weighted by Crippen LogP contribution is 2.42. The van der Waals surface area contributed by atoms with Crippen LogP contribution < -0.4 is 5.14 Å². The van der Waals surface area contributed by atoms with Crippen LogP contribution >= 0.6 is 11.3 Å². The molecule has 4 N–H and O–H groups in total. The summed E-state index contributed by atoms with van der Waals surface area (Å²) >= 11 is 0.544. The van der Waals surface area contributed by atoms with Crippen molar-refractivity contribution < 1.29 is 46.4 Å². The number of carbonyl (C=O) groups excluding carboxylic acids is 1. The van der Waals surface area contributed by atoms with E-state index >= 15 is 0 Å². The molecule has 0 spiro atoms. The molecule has 1 aromatic carbocycles. The molecule has 38 heavy (non-hydrogen) atoms. The molecule has 0 saturated heterocycles. The van der Waals surface area contributed by atoms with Gasteiger partial charge in [-0.1, -0.05) is 24.3 Å². The Hall–Kier alpha value is -2.19. The third-order valence-electron chi connectivity index (χ3n) is 5.80. The van der Waals surface area contributed by atoms with Crippen molar-refractivity contribution in [3.05, 3.63) is 47.0 Å². The number of carbonyl (C=O) groups is 1. The van der Waals surface area contributed by atoms with Gasteiger partial charge in [0.25, 0.3) is 10.0 Å². The number of hydrogen-bond donors (Lipinski definition) is 3. The summed E-state index contributed by atoms with van der Waals surface area (Å²) in [5.74, 6) is 0. The number of likely N-dealkylation sites (N-methyl/N-ethyl adjacent to an activating group) is 1. The highest BCUT2D eigenvalue weighted by Gasteiger charge is 2.43. The first-order valence-electron chi connectivity index (χ1n) is 11.4. The van der Waals surface area contributed by atoms with Crippen LogP contribution in [0.3, 0.4) is 0 Å². The minimum absolute atomic E-state index is 0.0986. The molecule has 0 aliphatic carbocycles. The molecule has 3 rings (SSSR count). The normalized spacial score (nSPS) is 17.4. The zero-order chi connectivity index (χ0) is 28.1. The molecule has 1 aromatic heterocycles. The first-order chi connectivity index (χ1) is 17.9. The largest absolute Gasteiger partial charge is 0.445 e. The van der Waals surface area contributed by atoms with Crippen LogP contribution in [-0.4, -0.2) is 81.3 Å². The van der Waals surface area contributed by atoms with Gasteiger partial charge >= 0.3 is 6.09 Å². The maximum Gasteiger partial charge on any atom is 0.410 e.